The van der Waals surface area contributed by atoms with Crippen LogP contribution in [0.15, 0.2) is 91.9 Å². The maximum atomic E-state index is 11.0. The molecule has 1 atom stereocenters. The Balaban J connectivity index is 2.37. The van der Waals surface area contributed by atoms with E-state index >= 15 is 0 Å². The van der Waals surface area contributed by atoms with Crippen molar-refractivity contribution >= 4 is 28.9 Å². The zero-order valence-electron chi connectivity index (χ0n) is 16.5. The third-order valence-electron chi connectivity index (χ3n) is 4.31. The maximum Gasteiger partial charge on any atom is 0.299 e. The van der Waals surface area contributed by atoms with E-state index in [1.54, 1.807) is 0 Å². The van der Waals surface area contributed by atoms with Gasteiger partial charge in [0.15, 0.2) is 0 Å². The van der Waals surface area contributed by atoms with Crippen LogP contribution in [0.2, 0.25) is 0 Å². The zero-order valence-corrected chi connectivity index (χ0v) is 19.1. The van der Waals surface area contributed by atoms with Gasteiger partial charge in [0, 0.05) is 10.5 Å². The first-order chi connectivity index (χ1) is 14.0. The van der Waals surface area contributed by atoms with Crippen molar-refractivity contribution in [1.29, 1.82) is 0 Å². The number of allylic oxidation sites excluding steroid dienone is 4. The lowest BCUT2D eigenvalue weighted by Crippen LogP contribution is -1.99. The van der Waals surface area contributed by atoms with E-state index in [4.69, 9.17) is 16.3 Å². The van der Waals surface area contributed by atoms with Gasteiger partial charge in [-0.2, -0.15) is 0 Å². The quantitative estimate of drug-likeness (QED) is 0.283. The van der Waals surface area contributed by atoms with Crippen LogP contribution in [0.4, 0.5) is 0 Å². The average molecular weight is 443 g/mol. The van der Waals surface area contributed by atoms with Gasteiger partial charge >= 0.3 is 0 Å². The van der Waals surface area contributed by atoms with Crippen molar-refractivity contribution < 1.29 is 9.42 Å². The van der Waals surface area contributed by atoms with Crippen molar-refractivity contribution in [3.63, 3.8) is 0 Å². The van der Waals surface area contributed by atoms with Gasteiger partial charge in [0.1, 0.15) is 5.75 Å². The molecule has 5 heteroatoms. The molecule has 2 rings (SSSR count). The predicted molar refractivity (Wildman–Crippen MR) is 131 cm³/mol. The summed E-state index contributed by atoms with van der Waals surface area (Å²) in [4.78, 5) is 11.9. The number of rotatable bonds is 12. The molecule has 0 radical (unpaired) electrons. The summed E-state index contributed by atoms with van der Waals surface area (Å²) < 4.78 is 6.03. The second-order valence-electron chi connectivity index (χ2n) is 6.41. The smallest absolute Gasteiger partial charge is 0.299 e. The molecule has 2 aromatic carbocycles. The molecule has 152 valence electrons. The van der Waals surface area contributed by atoms with Gasteiger partial charge in [0.2, 0.25) is 0 Å². The lowest BCUT2D eigenvalue weighted by atomic mass is 10.0. The molecule has 0 spiro atoms. The number of hydrogen-bond donors (Lipinski definition) is 1. The molecule has 0 aromatic heterocycles. The highest BCUT2D eigenvalue weighted by Crippen LogP contribution is 2.60. The summed E-state index contributed by atoms with van der Waals surface area (Å²) >= 11 is 6.75. The Morgan fingerprint density at radius 3 is 1.93 bits per heavy atom. The van der Waals surface area contributed by atoms with Gasteiger partial charge in [0.25, 0.3) is 5.69 Å². The summed E-state index contributed by atoms with van der Waals surface area (Å²) in [6.45, 7) is 15.3. The van der Waals surface area contributed by atoms with Crippen LogP contribution >= 0.6 is 17.1 Å². The van der Waals surface area contributed by atoms with E-state index < -0.39 is 5.69 Å². The van der Waals surface area contributed by atoms with Gasteiger partial charge in [0.05, 0.1) is 0 Å². The number of benzene rings is 2. The summed E-state index contributed by atoms with van der Waals surface area (Å²) in [6.07, 6.45) is 10.2. The van der Waals surface area contributed by atoms with Crippen LogP contribution in [0.1, 0.15) is 22.3 Å². The average Bonchev–Trinajstić information content (AvgIpc) is 2.67. The van der Waals surface area contributed by atoms with Crippen molar-refractivity contribution in [3.05, 3.63) is 109 Å². The Bertz CT molecular complexity index is 876. The van der Waals surface area contributed by atoms with Crippen LogP contribution in [-0.4, -0.2) is 4.89 Å². The summed E-state index contributed by atoms with van der Waals surface area (Å²) in [5.74, 6) is 0.607. The first-order valence-corrected chi connectivity index (χ1v) is 13.4. The van der Waals surface area contributed by atoms with Crippen LogP contribution in [0.25, 0.3) is 0 Å². The van der Waals surface area contributed by atoms with Crippen molar-refractivity contribution in [2.45, 2.75) is 30.6 Å². The minimum absolute atomic E-state index is 0.607. The van der Waals surface area contributed by atoms with Crippen molar-refractivity contribution in [2.24, 2.45) is 0 Å². The van der Waals surface area contributed by atoms with Gasteiger partial charge in [-0.15, -0.1) is 26.3 Å². The van der Waals surface area contributed by atoms with E-state index in [0.29, 0.717) is 18.6 Å². The monoisotopic (exact) mass is 442 g/mol. The Labute approximate surface area is 183 Å². The molecule has 29 heavy (non-hydrogen) atoms. The molecule has 0 fully saturated rings. The van der Waals surface area contributed by atoms with Crippen LogP contribution in [0, 0.1) is 0 Å². The molecule has 0 aliphatic carbocycles. The van der Waals surface area contributed by atoms with Gasteiger partial charge in [-0.25, -0.2) is 0 Å². The van der Waals surface area contributed by atoms with Crippen molar-refractivity contribution in [1.82, 2.24) is 0 Å². The highest BCUT2D eigenvalue weighted by atomic mass is 32.9. The molecule has 0 aliphatic rings. The topological polar surface area (TPSA) is 29.5 Å². The Morgan fingerprint density at radius 1 is 0.828 bits per heavy atom. The van der Waals surface area contributed by atoms with E-state index in [1.165, 1.54) is 11.4 Å². The standard InChI is InChI=1S/C24H27O2PS2/c1-5-11-19-15-9-17-23(21(19)13-7-3)26-27(25,28)29-24-18-10-16-20(12-6-2)22(24)14-8-4/h5-10,15-18H,1-4,11-14H2,(H,25,28). The lowest BCUT2D eigenvalue weighted by molar-refractivity contribution is 0.500. The van der Waals surface area contributed by atoms with E-state index in [-0.39, 0.29) is 0 Å². The van der Waals surface area contributed by atoms with Crippen LogP contribution in [-0.2, 0) is 37.5 Å². The molecule has 0 aliphatic heterocycles. The van der Waals surface area contributed by atoms with E-state index in [2.05, 4.69) is 32.4 Å². The minimum Gasteiger partial charge on any atom is -0.436 e. The van der Waals surface area contributed by atoms with Crippen molar-refractivity contribution in [3.8, 4) is 5.75 Å². The Morgan fingerprint density at radius 2 is 1.34 bits per heavy atom. The first-order valence-electron chi connectivity index (χ1n) is 9.32. The summed E-state index contributed by atoms with van der Waals surface area (Å²) in [5, 5.41) is 0. The Kier molecular flexibility index (Phi) is 9.19. The van der Waals surface area contributed by atoms with E-state index in [9.17, 15) is 4.89 Å². The summed E-state index contributed by atoms with van der Waals surface area (Å²) in [5.41, 5.74) is 1.15. The van der Waals surface area contributed by atoms with Crippen molar-refractivity contribution in [2.75, 3.05) is 0 Å². The molecule has 1 unspecified atom stereocenters. The maximum absolute atomic E-state index is 11.0. The fourth-order valence-electron chi connectivity index (χ4n) is 3.11. The van der Waals surface area contributed by atoms with Gasteiger partial charge in [-0.3, -0.25) is 0 Å². The van der Waals surface area contributed by atoms with Gasteiger partial charge < -0.3 is 9.42 Å². The van der Waals surface area contributed by atoms with Crippen LogP contribution in [0.5, 0.6) is 5.75 Å². The van der Waals surface area contributed by atoms with E-state index in [0.717, 1.165) is 40.0 Å². The molecule has 0 bridgehead atoms. The molecule has 1 N–H and O–H groups in total. The first kappa shape index (κ1) is 23.4. The minimum atomic E-state index is -3.19. The fraction of sp³-hybridized carbons (Fsp3) is 0.167. The van der Waals surface area contributed by atoms with Crippen LogP contribution < -0.4 is 4.52 Å². The molecule has 0 amide bonds. The zero-order chi connectivity index (χ0) is 21.3. The molecule has 0 saturated heterocycles. The predicted octanol–water partition coefficient (Wildman–Crippen LogP) is 6.99. The Hall–Kier alpha value is -1.84. The second-order valence-corrected chi connectivity index (χ2v) is 12.4. The number of hydrogen-bond acceptors (Lipinski definition) is 3. The molecule has 2 aromatic rings. The third-order valence-corrected chi connectivity index (χ3v) is 7.95. The summed E-state index contributed by atoms with van der Waals surface area (Å²) in [7, 11) is 0. The molecule has 0 heterocycles. The molecular formula is C24H27O2PS2. The second kappa shape index (κ2) is 11.4. The van der Waals surface area contributed by atoms with Gasteiger partial charge in [-0.05, 0) is 77.7 Å². The van der Waals surface area contributed by atoms with Crippen LogP contribution in [0.3, 0.4) is 0 Å². The third kappa shape index (κ3) is 6.58. The molecule has 0 saturated carbocycles. The highest BCUT2D eigenvalue weighted by Gasteiger charge is 2.22. The summed E-state index contributed by atoms with van der Waals surface area (Å²) in [6, 6.07) is 11.8. The molecular weight excluding hydrogens is 415 g/mol. The highest BCUT2D eigenvalue weighted by molar-refractivity contribution is 8.67. The van der Waals surface area contributed by atoms with Gasteiger partial charge in [-0.1, -0.05) is 48.6 Å². The largest absolute Gasteiger partial charge is 0.436 e. The SMILES string of the molecule is C=CCc1cccc(OP(O)(=S)Sc2cccc(CC=C)c2CC=C)c1CC=C. The van der Waals surface area contributed by atoms with E-state index in [1.807, 2.05) is 54.6 Å². The lowest BCUT2D eigenvalue weighted by Gasteiger charge is -2.21. The normalized spacial score (nSPS) is 12.6. The molecule has 2 nitrogen and oxygen atoms in total. The fourth-order valence-corrected chi connectivity index (χ4v) is 6.85.